The maximum absolute atomic E-state index is 6.26. The molecule has 0 spiro atoms. The minimum atomic E-state index is -0.125. The fourth-order valence-corrected chi connectivity index (χ4v) is 4.81. The second kappa shape index (κ2) is 8.01. The van der Waals surface area contributed by atoms with Gasteiger partial charge in [0.1, 0.15) is 0 Å². The van der Waals surface area contributed by atoms with Crippen LogP contribution in [0.15, 0.2) is 24.3 Å². The molecule has 31 heavy (non-hydrogen) atoms. The Kier molecular flexibility index (Phi) is 5.19. The normalized spacial score (nSPS) is 25.9. The lowest BCUT2D eigenvalue weighted by Gasteiger charge is -2.20. The van der Waals surface area contributed by atoms with Gasteiger partial charge in [0.2, 0.25) is 18.3 Å². The molecule has 2 saturated heterocycles. The van der Waals surface area contributed by atoms with Crippen molar-refractivity contribution in [3.63, 3.8) is 0 Å². The van der Waals surface area contributed by atoms with Gasteiger partial charge in [0.15, 0.2) is 23.0 Å². The van der Waals surface area contributed by atoms with Crippen molar-refractivity contribution in [2.24, 2.45) is 11.8 Å². The van der Waals surface area contributed by atoms with E-state index in [0.717, 1.165) is 11.1 Å². The van der Waals surface area contributed by atoms with Gasteiger partial charge in [-0.1, -0.05) is 0 Å². The molecular weight excluding hydrogens is 404 g/mol. The Labute approximate surface area is 180 Å². The van der Waals surface area contributed by atoms with Crippen LogP contribution in [0.5, 0.6) is 34.5 Å². The number of fused-ring (bicyclic) bond motifs is 2. The largest absolute Gasteiger partial charge is 0.493 e. The molecule has 2 fully saturated rings. The van der Waals surface area contributed by atoms with E-state index in [1.165, 1.54) is 0 Å². The van der Waals surface area contributed by atoms with E-state index in [4.69, 9.17) is 37.9 Å². The molecule has 0 unspecified atom stereocenters. The molecular formula is C23H26O8. The van der Waals surface area contributed by atoms with Crippen molar-refractivity contribution in [2.75, 3.05) is 48.4 Å². The Morgan fingerprint density at radius 2 is 1.23 bits per heavy atom. The molecule has 0 radical (unpaired) electrons. The van der Waals surface area contributed by atoms with Crippen LogP contribution >= 0.6 is 0 Å². The molecule has 166 valence electrons. The highest BCUT2D eigenvalue weighted by Crippen LogP contribution is 2.54. The van der Waals surface area contributed by atoms with Crippen LogP contribution in [0.4, 0.5) is 0 Å². The minimum absolute atomic E-state index is 0.111. The third kappa shape index (κ3) is 3.21. The molecule has 0 saturated carbocycles. The fourth-order valence-electron chi connectivity index (χ4n) is 4.81. The van der Waals surface area contributed by atoms with Crippen molar-refractivity contribution in [2.45, 2.75) is 12.2 Å². The molecule has 2 aromatic carbocycles. The Hall–Kier alpha value is -2.84. The SMILES string of the molecule is COc1cc([C@H]2OC[C@H]3[C@@H]2CO[C@@H]3c2cc(OC)c3c(c2)OCO3)cc(OC)c1OC. The van der Waals surface area contributed by atoms with E-state index in [0.29, 0.717) is 47.7 Å². The molecule has 0 aliphatic carbocycles. The van der Waals surface area contributed by atoms with Crippen LogP contribution in [-0.2, 0) is 9.47 Å². The first-order valence-electron chi connectivity index (χ1n) is 10.2. The first-order chi connectivity index (χ1) is 15.2. The van der Waals surface area contributed by atoms with Crippen molar-refractivity contribution in [3.8, 4) is 34.5 Å². The van der Waals surface area contributed by atoms with E-state index >= 15 is 0 Å². The van der Waals surface area contributed by atoms with E-state index in [9.17, 15) is 0 Å². The van der Waals surface area contributed by atoms with E-state index in [1.807, 2.05) is 24.3 Å². The zero-order chi connectivity index (χ0) is 21.5. The number of rotatable bonds is 6. The van der Waals surface area contributed by atoms with E-state index < -0.39 is 0 Å². The summed E-state index contributed by atoms with van der Waals surface area (Å²) in [6.45, 7) is 1.37. The Morgan fingerprint density at radius 1 is 0.677 bits per heavy atom. The highest BCUT2D eigenvalue weighted by Gasteiger charge is 2.48. The maximum Gasteiger partial charge on any atom is 0.231 e. The van der Waals surface area contributed by atoms with Crippen LogP contribution in [-0.4, -0.2) is 48.4 Å². The Balaban J connectivity index is 1.44. The lowest BCUT2D eigenvalue weighted by atomic mass is 9.84. The van der Waals surface area contributed by atoms with Crippen LogP contribution in [0.3, 0.4) is 0 Å². The molecule has 8 heteroatoms. The average Bonchev–Trinajstić information content (AvgIpc) is 3.53. The summed E-state index contributed by atoms with van der Waals surface area (Å²) in [5.41, 5.74) is 1.98. The van der Waals surface area contributed by atoms with Gasteiger partial charge in [0, 0.05) is 11.8 Å². The number of benzene rings is 2. The molecule has 3 aliphatic heterocycles. The second-order valence-electron chi connectivity index (χ2n) is 7.75. The summed E-state index contributed by atoms with van der Waals surface area (Å²) in [7, 11) is 6.44. The highest BCUT2D eigenvalue weighted by atomic mass is 16.7. The van der Waals surface area contributed by atoms with Gasteiger partial charge in [0.05, 0.1) is 53.9 Å². The van der Waals surface area contributed by atoms with Crippen LogP contribution in [0.25, 0.3) is 0 Å². The summed E-state index contributed by atoms with van der Waals surface area (Å²) >= 11 is 0. The van der Waals surface area contributed by atoms with E-state index in [1.54, 1.807) is 28.4 Å². The van der Waals surface area contributed by atoms with E-state index in [2.05, 4.69) is 0 Å². The summed E-state index contributed by atoms with van der Waals surface area (Å²) in [6, 6.07) is 7.84. The first kappa shape index (κ1) is 20.1. The third-order valence-corrected chi connectivity index (χ3v) is 6.29. The van der Waals surface area contributed by atoms with Gasteiger partial charge in [-0.2, -0.15) is 0 Å². The zero-order valence-corrected chi connectivity index (χ0v) is 18.0. The molecule has 0 N–H and O–H groups in total. The monoisotopic (exact) mass is 430 g/mol. The number of ether oxygens (including phenoxy) is 8. The lowest BCUT2D eigenvalue weighted by molar-refractivity contribution is 0.0190. The van der Waals surface area contributed by atoms with Crippen molar-refractivity contribution < 1.29 is 37.9 Å². The molecule has 5 rings (SSSR count). The summed E-state index contributed by atoms with van der Waals surface area (Å²) in [5.74, 6) is 4.16. The van der Waals surface area contributed by atoms with Gasteiger partial charge in [-0.25, -0.2) is 0 Å². The van der Waals surface area contributed by atoms with Crippen LogP contribution in [0.1, 0.15) is 23.3 Å². The number of hydrogen-bond acceptors (Lipinski definition) is 8. The van der Waals surface area contributed by atoms with Crippen molar-refractivity contribution in [1.82, 2.24) is 0 Å². The van der Waals surface area contributed by atoms with Crippen molar-refractivity contribution in [3.05, 3.63) is 35.4 Å². The van der Waals surface area contributed by atoms with Gasteiger partial charge < -0.3 is 37.9 Å². The van der Waals surface area contributed by atoms with Gasteiger partial charge in [-0.05, 0) is 35.4 Å². The predicted molar refractivity (Wildman–Crippen MR) is 110 cm³/mol. The molecule has 8 nitrogen and oxygen atoms in total. The fraction of sp³-hybridized carbons (Fsp3) is 0.478. The topological polar surface area (TPSA) is 73.8 Å². The molecule has 2 aromatic rings. The van der Waals surface area contributed by atoms with Gasteiger partial charge in [-0.15, -0.1) is 0 Å². The second-order valence-corrected chi connectivity index (χ2v) is 7.75. The van der Waals surface area contributed by atoms with Crippen LogP contribution in [0.2, 0.25) is 0 Å². The molecule has 4 atom stereocenters. The van der Waals surface area contributed by atoms with Gasteiger partial charge >= 0.3 is 0 Å². The highest BCUT2D eigenvalue weighted by molar-refractivity contribution is 5.56. The lowest BCUT2D eigenvalue weighted by Crippen LogP contribution is -2.15. The molecule has 3 heterocycles. The Bertz CT molecular complexity index is 949. The Morgan fingerprint density at radius 3 is 1.77 bits per heavy atom. The van der Waals surface area contributed by atoms with Gasteiger partial charge in [-0.3, -0.25) is 0 Å². The molecule has 0 amide bonds. The standard InChI is InChI=1S/C23H26O8/c1-24-16-5-12(6-17(25-2)22(16)27-4)20-14-9-29-21(15(14)10-28-20)13-7-18(26-3)23-19(8-13)30-11-31-23/h5-8,14-15,20-21H,9-11H2,1-4H3/t14-,15-,20+,21+/m0/s1. The summed E-state index contributed by atoms with van der Waals surface area (Å²) < 4.78 is 45.6. The zero-order valence-electron chi connectivity index (χ0n) is 18.0. The quantitative estimate of drug-likeness (QED) is 0.689. The predicted octanol–water partition coefficient (Wildman–Crippen LogP) is 3.52. The van der Waals surface area contributed by atoms with Gasteiger partial charge in [0.25, 0.3) is 0 Å². The maximum atomic E-state index is 6.26. The number of hydrogen-bond donors (Lipinski definition) is 0. The third-order valence-electron chi connectivity index (χ3n) is 6.29. The minimum Gasteiger partial charge on any atom is -0.493 e. The van der Waals surface area contributed by atoms with E-state index in [-0.39, 0.29) is 30.8 Å². The van der Waals surface area contributed by atoms with Crippen LogP contribution < -0.4 is 28.4 Å². The number of methoxy groups -OCH3 is 4. The summed E-state index contributed by atoms with van der Waals surface area (Å²) in [4.78, 5) is 0. The summed E-state index contributed by atoms with van der Waals surface area (Å²) in [5, 5.41) is 0. The average molecular weight is 430 g/mol. The van der Waals surface area contributed by atoms with Crippen molar-refractivity contribution in [1.29, 1.82) is 0 Å². The molecule has 0 bridgehead atoms. The smallest absolute Gasteiger partial charge is 0.231 e. The molecule has 0 aromatic heterocycles. The first-order valence-corrected chi connectivity index (χ1v) is 10.2. The van der Waals surface area contributed by atoms with Crippen molar-refractivity contribution >= 4 is 0 Å². The van der Waals surface area contributed by atoms with Crippen LogP contribution in [0, 0.1) is 11.8 Å². The molecule has 3 aliphatic rings. The summed E-state index contributed by atoms with van der Waals surface area (Å²) in [6.07, 6.45) is -0.236.